The first kappa shape index (κ1) is 18.4. The van der Waals surface area contributed by atoms with Gasteiger partial charge in [0, 0.05) is 6.42 Å². The second-order valence-electron chi connectivity index (χ2n) is 5.50. The average molecular weight is 345 g/mol. The Hall–Kier alpha value is -2.89. The summed E-state index contributed by atoms with van der Waals surface area (Å²) >= 11 is 0. The Kier molecular flexibility index (Phi) is 6.51. The normalized spacial score (nSPS) is 11.5. The van der Waals surface area contributed by atoms with E-state index >= 15 is 0 Å². The highest BCUT2D eigenvalue weighted by Gasteiger charge is 2.22. The van der Waals surface area contributed by atoms with Crippen molar-refractivity contribution in [1.82, 2.24) is 5.32 Å². The molecule has 0 heterocycles. The molecule has 0 bridgehead atoms. The van der Waals surface area contributed by atoms with E-state index < -0.39 is 17.8 Å². The molecule has 2 rings (SSSR count). The zero-order chi connectivity index (χ0) is 18.2. The SMILES string of the molecule is COC(=O)[C@H](Cc1ccc(OC)cc1)NC(=O)Cc1cccc(F)c1. The number of carbonyl (C=O) groups is 2. The quantitative estimate of drug-likeness (QED) is 0.782. The van der Waals surface area contributed by atoms with E-state index in [4.69, 9.17) is 9.47 Å². The highest BCUT2D eigenvalue weighted by Crippen LogP contribution is 2.13. The number of nitrogens with one attached hydrogen (secondary N) is 1. The Morgan fingerprint density at radius 2 is 1.80 bits per heavy atom. The van der Waals surface area contributed by atoms with E-state index in [2.05, 4.69) is 5.32 Å². The van der Waals surface area contributed by atoms with Crippen LogP contribution in [0.4, 0.5) is 4.39 Å². The molecule has 0 aliphatic heterocycles. The number of halogens is 1. The molecule has 1 atom stereocenters. The van der Waals surface area contributed by atoms with Crippen LogP contribution in [-0.2, 0) is 27.2 Å². The van der Waals surface area contributed by atoms with Crippen molar-refractivity contribution >= 4 is 11.9 Å². The number of methoxy groups -OCH3 is 2. The van der Waals surface area contributed by atoms with Gasteiger partial charge in [-0.1, -0.05) is 24.3 Å². The minimum absolute atomic E-state index is 0.0200. The fourth-order valence-electron chi connectivity index (χ4n) is 2.41. The molecule has 0 unspecified atom stereocenters. The number of esters is 1. The molecule has 0 aromatic heterocycles. The molecule has 1 amide bonds. The van der Waals surface area contributed by atoms with Gasteiger partial charge in [0.05, 0.1) is 20.6 Å². The summed E-state index contributed by atoms with van der Waals surface area (Å²) in [6, 6.07) is 12.1. The van der Waals surface area contributed by atoms with Crippen molar-refractivity contribution in [3.63, 3.8) is 0 Å². The van der Waals surface area contributed by atoms with Crippen LogP contribution in [0.25, 0.3) is 0 Å². The molecule has 0 saturated heterocycles. The van der Waals surface area contributed by atoms with Crippen molar-refractivity contribution in [3.05, 3.63) is 65.5 Å². The summed E-state index contributed by atoms with van der Waals surface area (Å²) in [6.07, 6.45) is 0.263. The van der Waals surface area contributed by atoms with Gasteiger partial charge in [-0.15, -0.1) is 0 Å². The van der Waals surface area contributed by atoms with Gasteiger partial charge in [0.15, 0.2) is 0 Å². The second kappa shape index (κ2) is 8.82. The number of benzene rings is 2. The fraction of sp³-hybridized carbons (Fsp3) is 0.263. The van der Waals surface area contributed by atoms with Crippen molar-refractivity contribution in [2.24, 2.45) is 0 Å². The lowest BCUT2D eigenvalue weighted by Crippen LogP contribution is -2.43. The maximum atomic E-state index is 13.2. The van der Waals surface area contributed by atoms with E-state index in [0.29, 0.717) is 11.3 Å². The summed E-state index contributed by atoms with van der Waals surface area (Å²) in [5.41, 5.74) is 1.38. The number of hydrogen-bond acceptors (Lipinski definition) is 4. The first-order chi connectivity index (χ1) is 12.0. The Morgan fingerprint density at radius 3 is 2.40 bits per heavy atom. The molecular weight excluding hydrogens is 325 g/mol. The van der Waals surface area contributed by atoms with Gasteiger partial charge >= 0.3 is 5.97 Å². The Bertz CT molecular complexity index is 730. The zero-order valence-corrected chi connectivity index (χ0v) is 14.1. The molecule has 0 saturated carbocycles. The number of rotatable bonds is 7. The maximum Gasteiger partial charge on any atom is 0.328 e. The molecule has 2 aromatic carbocycles. The lowest BCUT2D eigenvalue weighted by Gasteiger charge is -2.17. The van der Waals surface area contributed by atoms with E-state index in [-0.39, 0.29) is 18.7 Å². The van der Waals surface area contributed by atoms with Gasteiger partial charge in [-0.2, -0.15) is 0 Å². The summed E-state index contributed by atoms with van der Waals surface area (Å²) in [5.74, 6) is -0.625. The molecule has 0 aliphatic rings. The van der Waals surface area contributed by atoms with Crippen molar-refractivity contribution in [2.75, 3.05) is 14.2 Å². The Labute approximate surface area is 145 Å². The second-order valence-corrected chi connectivity index (χ2v) is 5.50. The molecule has 6 heteroatoms. The van der Waals surface area contributed by atoms with Gasteiger partial charge in [0.2, 0.25) is 5.91 Å². The third-order valence-corrected chi connectivity index (χ3v) is 3.67. The minimum Gasteiger partial charge on any atom is -0.497 e. The number of carbonyl (C=O) groups excluding carboxylic acids is 2. The minimum atomic E-state index is -0.820. The van der Waals surface area contributed by atoms with Crippen LogP contribution in [0.3, 0.4) is 0 Å². The molecule has 2 aromatic rings. The van der Waals surface area contributed by atoms with Crippen molar-refractivity contribution < 1.29 is 23.5 Å². The molecule has 25 heavy (non-hydrogen) atoms. The van der Waals surface area contributed by atoms with Gasteiger partial charge in [-0.3, -0.25) is 4.79 Å². The number of amides is 1. The average Bonchev–Trinajstić information content (AvgIpc) is 2.61. The predicted molar refractivity (Wildman–Crippen MR) is 90.7 cm³/mol. The zero-order valence-electron chi connectivity index (χ0n) is 14.1. The van der Waals surface area contributed by atoms with Gasteiger partial charge in [0.25, 0.3) is 0 Å². The lowest BCUT2D eigenvalue weighted by atomic mass is 10.0. The van der Waals surface area contributed by atoms with Crippen LogP contribution in [0.1, 0.15) is 11.1 Å². The summed E-state index contributed by atoms with van der Waals surface area (Å²) in [7, 11) is 2.83. The molecule has 0 spiro atoms. The molecule has 132 valence electrons. The van der Waals surface area contributed by atoms with E-state index in [9.17, 15) is 14.0 Å². The smallest absolute Gasteiger partial charge is 0.328 e. The largest absolute Gasteiger partial charge is 0.497 e. The van der Waals surface area contributed by atoms with Crippen LogP contribution in [0.2, 0.25) is 0 Å². The lowest BCUT2D eigenvalue weighted by molar-refractivity contribution is -0.145. The Morgan fingerprint density at radius 1 is 1.08 bits per heavy atom. The number of ether oxygens (including phenoxy) is 2. The number of hydrogen-bond donors (Lipinski definition) is 1. The van der Waals surface area contributed by atoms with E-state index in [1.54, 1.807) is 25.3 Å². The van der Waals surface area contributed by atoms with Crippen LogP contribution in [-0.4, -0.2) is 32.1 Å². The van der Waals surface area contributed by atoms with Crippen molar-refractivity contribution in [3.8, 4) is 5.75 Å². The van der Waals surface area contributed by atoms with Crippen LogP contribution in [0.5, 0.6) is 5.75 Å². The van der Waals surface area contributed by atoms with Gasteiger partial charge in [-0.25, -0.2) is 9.18 Å². The first-order valence-electron chi connectivity index (χ1n) is 7.76. The van der Waals surface area contributed by atoms with Gasteiger partial charge in [0.1, 0.15) is 17.6 Å². The van der Waals surface area contributed by atoms with E-state index in [0.717, 1.165) is 5.56 Å². The maximum absolute atomic E-state index is 13.2. The molecule has 0 fully saturated rings. The third-order valence-electron chi connectivity index (χ3n) is 3.67. The van der Waals surface area contributed by atoms with Crippen LogP contribution in [0, 0.1) is 5.82 Å². The molecular formula is C19H20FNO4. The van der Waals surface area contributed by atoms with Crippen LogP contribution >= 0.6 is 0 Å². The van der Waals surface area contributed by atoms with Crippen molar-refractivity contribution in [1.29, 1.82) is 0 Å². The molecule has 0 radical (unpaired) electrons. The van der Waals surface area contributed by atoms with Crippen LogP contribution < -0.4 is 10.1 Å². The van der Waals surface area contributed by atoms with Gasteiger partial charge in [-0.05, 0) is 35.4 Å². The van der Waals surface area contributed by atoms with Crippen LogP contribution in [0.15, 0.2) is 48.5 Å². The monoisotopic (exact) mass is 345 g/mol. The molecule has 5 nitrogen and oxygen atoms in total. The standard InChI is InChI=1S/C19H20FNO4/c1-24-16-8-6-13(7-9-16)11-17(19(23)25-2)21-18(22)12-14-4-3-5-15(20)10-14/h3-10,17H,11-12H2,1-2H3,(H,21,22)/t17-/m0/s1. The summed E-state index contributed by atoms with van der Waals surface area (Å²) in [4.78, 5) is 24.1. The summed E-state index contributed by atoms with van der Waals surface area (Å²) in [6.45, 7) is 0. The highest BCUT2D eigenvalue weighted by atomic mass is 19.1. The summed E-state index contributed by atoms with van der Waals surface area (Å²) in [5, 5.41) is 2.65. The summed E-state index contributed by atoms with van der Waals surface area (Å²) < 4.78 is 23.0. The van der Waals surface area contributed by atoms with Crippen molar-refractivity contribution in [2.45, 2.75) is 18.9 Å². The predicted octanol–water partition coefficient (Wildman–Crippen LogP) is 2.28. The third kappa shape index (κ3) is 5.60. The fourth-order valence-corrected chi connectivity index (χ4v) is 2.41. The van der Waals surface area contributed by atoms with Gasteiger partial charge < -0.3 is 14.8 Å². The van der Waals surface area contributed by atoms with E-state index in [1.807, 2.05) is 12.1 Å². The Balaban J connectivity index is 2.03. The topological polar surface area (TPSA) is 64.6 Å². The molecule has 0 aliphatic carbocycles. The molecule has 1 N–H and O–H groups in total. The highest BCUT2D eigenvalue weighted by molar-refractivity contribution is 5.85. The van der Waals surface area contributed by atoms with E-state index in [1.165, 1.54) is 25.3 Å². The first-order valence-corrected chi connectivity index (χ1v) is 7.76.